The molecule has 102 valence electrons. The minimum Gasteiger partial charge on any atom is -0.495 e. The summed E-state index contributed by atoms with van der Waals surface area (Å²) in [5, 5.41) is 2.25. The maximum atomic E-state index is 5.41. The molecule has 21 heavy (non-hydrogen) atoms. The summed E-state index contributed by atoms with van der Waals surface area (Å²) >= 11 is 0. The monoisotopic (exact) mass is 274 g/mol. The van der Waals surface area contributed by atoms with Gasteiger partial charge in [0.2, 0.25) is 0 Å². The summed E-state index contributed by atoms with van der Waals surface area (Å²) in [6, 6.07) is 20.4. The summed E-state index contributed by atoms with van der Waals surface area (Å²) in [5.74, 6) is 0.840. The molecule has 1 N–H and O–H groups in total. The zero-order valence-electron chi connectivity index (χ0n) is 11.6. The van der Waals surface area contributed by atoms with Gasteiger partial charge in [-0.15, -0.1) is 0 Å². The lowest BCUT2D eigenvalue weighted by Crippen LogP contribution is -1.84. The second-order valence-corrected chi connectivity index (χ2v) is 4.97. The minimum atomic E-state index is 0.840. The fourth-order valence-electron chi connectivity index (χ4n) is 2.71. The second-order valence-electron chi connectivity index (χ2n) is 4.97. The summed E-state index contributed by atoms with van der Waals surface area (Å²) in [6.07, 6.45) is 0. The van der Waals surface area contributed by atoms with Crippen LogP contribution in [-0.2, 0) is 0 Å². The highest BCUT2D eigenvalue weighted by molar-refractivity contribution is 6.08. The molecule has 4 rings (SSSR count). The molecule has 0 aliphatic rings. The third kappa shape index (κ3) is 1.86. The van der Waals surface area contributed by atoms with Crippen molar-refractivity contribution in [1.29, 1.82) is 0 Å². The number of ether oxygens (including phenoxy) is 1. The first-order chi connectivity index (χ1) is 10.4. The molecule has 4 aromatic rings. The van der Waals surface area contributed by atoms with Gasteiger partial charge in [-0.1, -0.05) is 42.5 Å². The van der Waals surface area contributed by atoms with E-state index < -0.39 is 0 Å². The fourth-order valence-corrected chi connectivity index (χ4v) is 2.71. The predicted molar refractivity (Wildman–Crippen MR) is 85.6 cm³/mol. The average Bonchev–Trinajstić information content (AvgIpc) is 2.93. The average molecular weight is 274 g/mol. The lowest BCUT2D eigenvalue weighted by atomic mass is 10.1. The number of rotatable bonds is 2. The molecule has 2 heterocycles. The number of pyridine rings is 1. The highest BCUT2D eigenvalue weighted by Crippen LogP contribution is 2.31. The smallest absolute Gasteiger partial charge is 0.142 e. The topological polar surface area (TPSA) is 37.9 Å². The predicted octanol–water partition coefficient (Wildman–Crippen LogP) is 4.39. The lowest BCUT2D eigenvalue weighted by molar-refractivity contribution is 0.419. The number of hydrogen-bond donors (Lipinski definition) is 1. The van der Waals surface area contributed by atoms with Gasteiger partial charge >= 0.3 is 0 Å². The van der Waals surface area contributed by atoms with Crippen LogP contribution in [0.15, 0.2) is 60.7 Å². The first-order valence-corrected chi connectivity index (χ1v) is 6.87. The molecule has 0 unspecified atom stereocenters. The number of H-pyrrole nitrogens is 1. The van der Waals surface area contributed by atoms with Crippen LogP contribution in [0, 0.1) is 0 Å². The molecule has 0 bridgehead atoms. The summed E-state index contributed by atoms with van der Waals surface area (Å²) < 4.78 is 5.41. The van der Waals surface area contributed by atoms with Gasteiger partial charge in [0, 0.05) is 16.3 Å². The lowest BCUT2D eigenvalue weighted by Gasteiger charge is -2.00. The van der Waals surface area contributed by atoms with Gasteiger partial charge in [-0.2, -0.15) is 0 Å². The van der Waals surface area contributed by atoms with Crippen molar-refractivity contribution in [2.24, 2.45) is 0 Å². The van der Waals surface area contributed by atoms with Crippen LogP contribution >= 0.6 is 0 Å². The molecule has 0 atom stereocenters. The van der Waals surface area contributed by atoms with Gasteiger partial charge in [-0.3, -0.25) is 0 Å². The van der Waals surface area contributed by atoms with Crippen LogP contribution in [0.25, 0.3) is 33.2 Å². The van der Waals surface area contributed by atoms with E-state index in [9.17, 15) is 0 Å². The Morgan fingerprint density at radius 3 is 2.52 bits per heavy atom. The molecule has 0 spiro atoms. The van der Waals surface area contributed by atoms with E-state index in [1.807, 2.05) is 30.3 Å². The SMILES string of the molecule is COc1cccc2c1[nH]c1nc(-c3ccccc3)ccc12. The molecular formula is C18H14N2O. The number of nitrogens with zero attached hydrogens (tertiary/aromatic N) is 1. The van der Waals surface area contributed by atoms with Crippen LogP contribution in [0.3, 0.4) is 0 Å². The Balaban J connectivity index is 1.99. The van der Waals surface area contributed by atoms with E-state index in [0.29, 0.717) is 0 Å². The summed E-state index contributed by atoms with van der Waals surface area (Å²) in [7, 11) is 1.68. The van der Waals surface area contributed by atoms with Crippen molar-refractivity contribution in [3.8, 4) is 17.0 Å². The van der Waals surface area contributed by atoms with E-state index >= 15 is 0 Å². The molecular weight excluding hydrogens is 260 g/mol. The largest absolute Gasteiger partial charge is 0.495 e. The second kappa shape index (κ2) is 4.63. The Kier molecular flexibility index (Phi) is 2.64. The third-order valence-corrected chi connectivity index (χ3v) is 3.74. The number of benzene rings is 2. The normalized spacial score (nSPS) is 11.1. The number of hydrogen-bond acceptors (Lipinski definition) is 2. The summed E-state index contributed by atoms with van der Waals surface area (Å²) in [6.45, 7) is 0. The van der Waals surface area contributed by atoms with Crippen molar-refractivity contribution < 1.29 is 4.74 Å². The minimum absolute atomic E-state index is 0.840. The number of para-hydroxylation sites is 1. The summed E-state index contributed by atoms with van der Waals surface area (Å²) in [5.41, 5.74) is 3.96. The van der Waals surface area contributed by atoms with Crippen LogP contribution in [0.4, 0.5) is 0 Å². The van der Waals surface area contributed by atoms with Gasteiger partial charge in [0.05, 0.1) is 18.3 Å². The van der Waals surface area contributed by atoms with Crippen LogP contribution in [0.1, 0.15) is 0 Å². The Morgan fingerprint density at radius 2 is 1.71 bits per heavy atom. The van der Waals surface area contributed by atoms with Crippen molar-refractivity contribution in [3.63, 3.8) is 0 Å². The zero-order chi connectivity index (χ0) is 14.2. The highest BCUT2D eigenvalue weighted by Gasteiger charge is 2.10. The van der Waals surface area contributed by atoms with Crippen molar-refractivity contribution in [1.82, 2.24) is 9.97 Å². The first kappa shape index (κ1) is 12.0. The van der Waals surface area contributed by atoms with Gasteiger partial charge < -0.3 is 9.72 Å². The van der Waals surface area contributed by atoms with E-state index in [4.69, 9.17) is 9.72 Å². The standard InChI is InChI=1S/C18H14N2O/c1-21-16-9-5-8-13-14-10-11-15(12-6-3-2-4-7-12)19-18(14)20-17(13)16/h2-11H,1H3,(H,19,20). The number of methoxy groups -OCH3 is 1. The van der Waals surface area contributed by atoms with E-state index in [2.05, 4.69) is 35.3 Å². The van der Waals surface area contributed by atoms with Gasteiger partial charge in [-0.25, -0.2) is 4.98 Å². The van der Waals surface area contributed by atoms with Crippen molar-refractivity contribution in [3.05, 3.63) is 60.7 Å². The van der Waals surface area contributed by atoms with Crippen LogP contribution < -0.4 is 4.74 Å². The molecule has 0 radical (unpaired) electrons. The van der Waals surface area contributed by atoms with E-state index in [1.54, 1.807) is 7.11 Å². The van der Waals surface area contributed by atoms with Crippen molar-refractivity contribution in [2.75, 3.05) is 7.11 Å². The number of aromatic amines is 1. The fraction of sp³-hybridized carbons (Fsp3) is 0.0556. The highest BCUT2D eigenvalue weighted by atomic mass is 16.5. The van der Waals surface area contributed by atoms with E-state index in [-0.39, 0.29) is 0 Å². The molecule has 2 aromatic carbocycles. The number of aromatic nitrogens is 2. The van der Waals surface area contributed by atoms with Crippen LogP contribution in [0.2, 0.25) is 0 Å². The van der Waals surface area contributed by atoms with E-state index in [0.717, 1.165) is 38.9 Å². The van der Waals surface area contributed by atoms with Crippen LogP contribution in [-0.4, -0.2) is 17.1 Å². The summed E-state index contributed by atoms with van der Waals surface area (Å²) in [4.78, 5) is 8.12. The van der Waals surface area contributed by atoms with Crippen molar-refractivity contribution >= 4 is 21.9 Å². The van der Waals surface area contributed by atoms with E-state index in [1.165, 1.54) is 0 Å². The molecule has 0 aliphatic carbocycles. The Labute approximate surface area is 122 Å². The van der Waals surface area contributed by atoms with Crippen LogP contribution in [0.5, 0.6) is 5.75 Å². The molecule has 0 aliphatic heterocycles. The maximum absolute atomic E-state index is 5.41. The molecule has 0 amide bonds. The van der Waals surface area contributed by atoms with Crippen molar-refractivity contribution in [2.45, 2.75) is 0 Å². The van der Waals surface area contributed by atoms with Gasteiger partial charge in [-0.05, 0) is 18.2 Å². The molecule has 2 aromatic heterocycles. The molecule has 0 saturated heterocycles. The quantitative estimate of drug-likeness (QED) is 0.588. The number of fused-ring (bicyclic) bond motifs is 3. The Bertz CT molecular complexity index is 926. The zero-order valence-corrected chi connectivity index (χ0v) is 11.6. The molecule has 3 nitrogen and oxygen atoms in total. The number of nitrogens with one attached hydrogen (secondary N) is 1. The first-order valence-electron chi connectivity index (χ1n) is 6.87. The third-order valence-electron chi connectivity index (χ3n) is 3.74. The van der Waals surface area contributed by atoms with Gasteiger partial charge in [0.1, 0.15) is 11.4 Å². The maximum Gasteiger partial charge on any atom is 0.142 e. The molecule has 0 fully saturated rings. The Hall–Kier alpha value is -2.81. The van der Waals surface area contributed by atoms with Gasteiger partial charge in [0.15, 0.2) is 0 Å². The Morgan fingerprint density at radius 1 is 0.857 bits per heavy atom. The van der Waals surface area contributed by atoms with Gasteiger partial charge in [0.25, 0.3) is 0 Å². The molecule has 3 heteroatoms. The molecule has 0 saturated carbocycles.